The van der Waals surface area contributed by atoms with Crippen molar-refractivity contribution in [2.45, 2.75) is 27.3 Å². The maximum Gasteiger partial charge on any atom is 0.0208 e. The van der Waals surface area contributed by atoms with Crippen molar-refractivity contribution in [2.75, 3.05) is 7.05 Å². The van der Waals surface area contributed by atoms with E-state index in [-0.39, 0.29) is 0 Å². The van der Waals surface area contributed by atoms with Crippen LogP contribution in [0.2, 0.25) is 0 Å². The Bertz CT molecular complexity index is 556. The summed E-state index contributed by atoms with van der Waals surface area (Å²) in [5, 5.41) is 3.25. The van der Waals surface area contributed by atoms with Crippen LogP contribution in [-0.2, 0) is 6.54 Å². The molecule has 1 nitrogen and oxygen atoms in total. The molecule has 1 N–H and O–H groups in total. The third kappa shape index (κ3) is 2.46. The number of benzene rings is 2. The lowest BCUT2D eigenvalue weighted by Gasteiger charge is -2.14. The molecule has 0 amide bonds. The average molecular weight is 239 g/mol. The lowest BCUT2D eigenvalue weighted by atomic mass is 9.92. The van der Waals surface area contributed by atoms with Crippen LogP contribution >= 0.6 is 0 Å². The van der Waals surface area contributed by atoms with Crippen molar-refractivity contribution in [2.24, 2.45) is 0 Å². The van der Waals surface area contributed by atoms with Crippen molar-refractivity contribution < 1.29 is 0 Å². The van der Waals surface area contributed by atoms with Crippen LogP contribution in [-0.4, -0.2) is 7.05 Å². The maximum atomic E-state index is 3.25. The van der Waals surface area contributed by atoms with Crippen LogP contribution in [0.5, 0.6) is 0 Å². The molecule has 2 aromatic rings. The van der Waals surface area contributed by atoms with E-state index < -0.39 is 0 Å². The fourth-order valence-corrected chi connectivity index (χ4v) is 2.33. The molecule has 0 aliphatic carbocycles. The largest absolute Gasteiger partial charge is 0.316 e. The molecule has 2 rings (SSSR count). The van der Waals surface area contributed by atoms with Gasteiger partial charge in [-0.2, -0.15) is 0 Å². The zero-order valence-electron chi connectivity index (χ0n) is 11.7. The molecule has 0 heterocycles. The predicted octanol–water partition coefficient (Wildman–Crippen LogP) is 4.00. The Balaban J connectivity index is 2.61. The molecule has 0 fully saturated rings. The molecule has 94 valence electrons. The fourth-order valence-electron chi connectivity index (χ4n) is 2.33. The van der Waals surface area contributed by atoms with Gasteiger partial charge in [-0.1, -0.05) is 42.0 Å². The van der Waals surface area contributed by atoms with E-state index in [4.69, 9.17) is 0 Å². The standard InChI is InChI=1S/C17H21N/c1-12-8-9-15(11-18-4)17(10-12)16-7-5-6-13(2)14(16)3/h5-10,18H,11H2,1-4H3. The molecule has 1 heteroatoms. The molecule has 0 aromatic heterocycles. The first-order chi connectivity index (χ1) is 8.63. The Morgan fingerprint density at radius 3 is 2.44 bits per heavy atom. The highest BCUT2D eigenvalue weighted by Gasteiger charge is 2.08. The molecule has 0 atom stereocenters. The molecule has 0 aliphatic rings. The van der Waals surface area contributed by atoms with Crippen LogP contribution in [0.3, 0.4) is 0 Å². The van der Waals surface area contributed by atoms with Gasteiger partial charge in [-0.15, -0.1) is 0 Å². The minimum Gasteiger partial charge on any atom is -0.316 e. The van der Waals surface area contributed by atoms with E-state index in [2.05, 4.69) is 62.5 Å². The number of hydrogen-bond donors (Lipinski definition) is 1. The van der Waals surface area contributed by atoms with Crippen LogP contribution in [0, 0.1) is 20.8 Å². The second-order valence-corrected chi connectivity index (χ2v) is 4.94. The number of aryl methyl sites for hydroxylation is 2. The van der Waals surface area contributed by atoms with Crippen LogP contribution in [0.4, 0.5) is 0 Å². The van der Waals surface area contributed by atoms with Gasteiger partial charge in [0.15, 0.2) is 0 Å². The van der Waals surface area contributed by atoms with Crippen LogP contribution in [0.25, 0.3) is 11.1 Å². The first-order valence-corrected chi connectivity index (χ1v) is 6.44. The van der Waals surface area contributed by atoms with E-state index in [0.717, 1.165) is 6.54 Å². The summed E-state index contributed by atoms with van der Waals surface area (Å²) in [7, 11) is 1.99. The van der Waals surface area contributed by atoms with Gasteiger partial charge in [0.2, 0.25) is 0 Å². The van der Waals surface area contributed by atoms with E-state index in [1.54, 1.807) is 0 Å². The molecule has 0 radical (unpaired) electrons. The smallest absolute Gasteiger partial charge is 0.0208 e. The molecule has 0 saturated heterocycles. The summed E-state index contributed by atoms with van der Waals surface area (Å²) in [4.78, 5) is 0. The van der Waals surface area contributed by atoms with Crippen molar-refractivity contribution >= 4 is 0 Å². The number of hydrogen-bond acceptors (Lipinski definition) is 1. The summed E-state index contributed by atoms with van der Waals surface area (Å²) in [5.41, 5.74) is 8.10. The summed E-state index contributed by atoms with van der Waals surface area (Å²) in [6, 6.07) is 13.2. The Labute approximate surface area is 110 Å². The third-order valence-electron chi connectivity index (χ3n) is 3.53. The molecule has 0 aliphatic heterocycles. The van der Waals surface area contributed by atoms with E-state index in [1.807, 2.05) is 7.05 Å². The van der Waals surface area contributed by atoms with Gasteiger partial charge in [0.05, 0.1) is 0 Å². The zero-order valence-corrected chi connectivity index (χ0v) is 11.7. The van der Waals surface area contributed by atoms with Gasteiger partial charge < -0.3 is 5.32 Å². The lowest BCUT2D eigenvalue weighted by molar-refractivity contribution is 0.819. The van der Waals surface area contributed by atoms with Gasteiger partial charge in [-0.05, 0) is 55.6 Å². The highest BCUT2D eigenvalue weighted by atomic mass is 14.8. The summed E-state index contributed by atoms with van der Waals surface area (Å²) in [5.74, 6) is 0. The molecule has 18 heavy (non-hydrogen) atoms. The minimum atomic E-state index is 0.906. The molecule has 0 spiro atoms. The monoisotopic (exact) mass is 239 g/mol. The van der Waals surface area contributed by atoms with E-state index in [1.165, 1.54) is 33.4 Å². The summed E-state index contributed by atoms with van der Waals surface area (Å²) < 4.78 is 0. The van der Waals surface area contributed by atoms with Crippen LogP contribution in [0.1, 0.15) is 22.3 Å². The van der Waals surface area contributed by atoms with Gasteiger partial charge in [-0.3, -0.25) is 0 Å². The Hall–Kier alpha value is -1.60. The normalized spacial score (nSPS) is 10.7. The average Bonchev–Trinajstić information content (AvgIpc) is 2.35. The van der Waals surface area contributed by atoms with Gasteiger partial charge in [0.1, 0.15) is 0 Å². The molecule has 2 aromatic carbocycles. The molecular formula is C17H21N. The Morgan fingerprint density at radius 1 is 0.944 bits per heavy atom. The molecule has 0 unspecified atom stereocenters. The summed E-state index contributed by atoms with van der Waals surface area (Å²) >= 11 is 0. The van der Waals surface area contributed by atoms with Crippen molar-refractivity contribution in [3.63, 3.8) is 0 Å². The number of rotatable bonds is 3. The van der Waals surface area contributed by atoms with Gasteiger partial charge in [0, 0.05) is 6.54 Å². The van der Waals surface area contributed by atoms with Crippen LogP contribution < -0.4 is 5.32 Å². The maximum absolute atomic E-state index is 3.25. The molecule has 0 bridgehead atoms. The first kappa shape index (κ1) is 12.8. The summed E-state index contributed by atoms with van der Waals surface area (Å²) in [6.45, 7) is 7.43. The quantitative estimate of drug-likeness (QED) is 0.853. The Morgan fingerprint density at radius 2 is 1.72 bits per heavy atom. The van der Waals surface area contributed by atoms with E-state index in [0.29, 0.717) is 0 Å². The first-order valence-electron chi connectivity index (χ1n) is 6.44. The van der Waals surface area contributed by atoms with Gasteiger partial charge in [-0.25, -0.2) is 0 Å². The van der Waals surface area contributed by atoms with Gasteiger partial charge in [0.25, 0.3) is 0 Å². The van der Waals surface area contributed by atoms with Crippen LogP contribution in [0.15, 0.2) is 36.4 Å². The lowest BCUT2D eigenvalue weighted by Crippen LogP contribution is -2.07. The fraction of sp³-hybridized carbons (Fsp3) is 0.294. The number of nitrogens with one attached hydrogen (secondary N) is 1. The zero-order chi connectivity index (χ0) is 13.1. The predicted molar refractivity (Wildman–Crippen MR) is 78.9 cm³/mol. The minimum absolute atomic E-state index is 0.906. The Kier molecular flexibility index (Phi) is 3.83. The topological polar surface area (TPSA) is 12.0 Å². The van der Waals surface area contributed by atoms with Crippen molar-refractivity contribution in [1.29, 1.82) is 0 Å². The molecule has 0 saturated carbocycles. The highest BCUT2D eigenvalue weighted by molar-refractivity contribution is 5.72. The SMILES string of the molecule is CNCc1ccc(C)cc1-c1cccc(C)c1C. The van der Waals surface area contributed by atoms with E-state index >= 15 is 0 Å². The van der Waals surface area contributed by atoms with Crippen molar-refractivity contribution in [3.8, 4) is 11.1 Å². The summed E-state index contributed by atoms with van der Waals surface area (Å²) in [6.07, 6.45) is 0. The molecular weight excluding hydrogens is 218 g/mol. The second-order valence-electron chi connectivity index (χ2n) is 4.94. The second kappa shape index (κ2) is 5.36. The van der Waals surface area contributed by atoms with E-state index in [9.17, 15) is 0 Å². The third-order valence-corrected chi connectivity index (χ3v) is 3.53. The van der Waals surface area contributed by atoms with Gasteiger partial charge >= 0.3 is 0 Å². The van der Waals surface area contributed by atoms with Crippen molar-refractivity contribution in [3.05, 3.63) is 58.7 Å². The van der Waals surface area contributed by atoms with Crippen molar-refractivity contribution in [1.82, 2.24) is 5.32 Å². The highest BCUT2D eigenvalue weighted by Crippen LogP contribution is 2.29.